The molecule has 61 heavy (non-hydrogen) atoms. The Morgan fingerprint density at radius 1 is 0.623 bits per heavy atom. The number of aliphatic hydroxyl groups is 1. The fraction of sp³-hybridized carbons (Fsp3) is 0.787. The zero-order chi connectivity index (χ0) is 44.7. The maximum absolute atomic E-state index is 13.0. The molecular formula is C47H78N2O12. The van der Waals surface area contributed by atoms with Gasteiger partial charge in [-0.2, -0.15) is 0 Å². The van der Waals surface area contributed by atoms with Gasteiger partial charge in [0.25, 0.3) is 0 Å². The summed E-state index contributed by atoms with van der Waals surface area (Å²) in [5, 5.41) is 11.0. The monoisotopic (exact) mass is 863 g/mol. The summed E-state index contributed by atoms with van der Waals surface area (Å²) in [4.78, 5) is 60.3. The number of nitrogens with zero attached hydrogens (tertiary/aromatic N) is 2. The van der Waals surface area contributed by atoms with Crippen molar-refractivity contribution < 1.29 is 56.8 Å². The first-order valence-electron chi connectivity index (χ1n) is 23.5. The molecule has 14 heteroatoms. The first kappa shape index (κ1) is 53.4. The molecule has 1 N–H and O–H groups in total. The van der Waals surface area contributed by atoms with Crippen LogP contribution in [-0.4, -0.2) is 63.6 Å². The highest BCUT2D eigenvalue weighted by Crippen LogP contribution is 2.33. The van der Waals surface area contributed by atoms with Gasteiger partial charge in [-0.15, -0.1) is 0 Å². The van der Waals surface area contributed by atoms with Crippen molar-refractivity contribution in [1.82, 2.24) is 9.97 Å². The molecule has 2 aromatic heterocycles. The van der Waals surface area contributed by atoms with Gasteiger partial charge in [0, 0.05) is 32.1 Å². The summed E-state index contributed by atoms with van der Waals surface area (Å²) in [7, 11) is 0. The summed E-state index contributed by atoms with van der Waals surface area (Å²) >= 11 is 0. The molecule has 0 bridgehead atoms. The third kappa shape index (κ3) is 22.8. The number of hydrogen-bond donors (Lipinski definition) is 1. The molecule has 2 aromatic rings. The number of carbonyl (C=O) groups is 4. The van der Waals surface area contributed by atoms with Crippen molar-refractivity contribution >= 4 is 23.9 Å². The standard InChI is InChI=1S/C47H78N2O12/c1-7-12-13-14-15-16-17-18-19-20-21-22-23-24-25-30-44(54)61-46(39-32-48-34-56-39)47-49-36(33-55-47)37(58-41(51)27-9-3)31-38(59-42(52)28-10-4)45(60-43(53)29-11-5)35(6)57-40(50)26-8-2/h32-35,37-38,44-46,54H,7-31H2,1-6H3. The lowest BCUT2D eigenvalue weighted by Gasteiger charge is -2.32. The lowest BCUT2D eigenvalue weighted by Crippen LogP contribution is -2.45. The van der Waals surface area contributed by atoms with Gasteiger partial charge < -0.3 is 37.6 Å². The Morgan fingerprint density at radius 3 is 1.62 bits per heavy atom. The molecule has 6 atom stereocenters. The van der Waals surface area contributed by atoms with Crippen molar-refractivity contribution in [3.8, 4) is 0 Å². The topological polar surface area (TPSA) is 187 Å². The first-order chi connectivity index (χ1) is 29.6. The van der Waals surface area contributed by atoms with Gasteiger partial charge >= 0.3 is 23.9 Å². The van der Waals surface area contributed by atoms with E-state index in [-0.39, 0.29) is 49.4 Å². The number of aliphatic hydroxyl groups excluding tert-OH is 1. The molecule has 0 saturated carbocycles. The van der Waals surface area contributed by atoms with Crippen LogP contribution in [0.2, 0.25) is 0 Å². The Hall–Kier alpha value is -3.78. The number of rotatable bonds is 37. The smallest absolute Gasteiger partial charge is 0.306 e. The second-order valence-electron chi connectivity index (χ2n) is 16.1. The normalized spacial score (nSPS) is 14.4. The van der Waals surface area contributed by atoms with Crippen LogP contribution in [0.25, 0.3) is 0 Å². The highest BCUT2D eigenvalue weighted by atomic mass is 16.6. The summed E-state index contributed by atoms with van der Waals surface area (Å²) in [5.41, 5.74) is 0.148. The van der Waals surface area contributed by atoms with Crippen LogP contribution < -0.4 is 0 Å². The van der Waals surface area contributed by atoms with Crippen LogP contribution in [0.5, 0.6) is 0 Å². The predicted octanol–water partition coefficient (Wildman–Crippen LogP) is 11.3. The van der Waals surface area contributed by atoms with E-state index >= 15 is 0 Å². The van der Waals surface area contributed by atoms with E-state index in [1.807, 2.05) is 27.7 Å². The van der Waals surface area contributed by atoms with Gasteiger partial charge in [-0.25, -0.2) is 9.97 Å². The largest absolute Gasteiger partial charge is 0.459 e. The maximum Gasteiger partial charge on any atom is 0.306 e. The molecule has 0 aliphatic carbocycles. The molecule has 2 heterocycles. The Kier molecular flexibility index (Phi) is 28.7. The summed E-state index contributed by atoms with van der Waals surface area (Å²) < 4.78 is 40.9. The molecule has 6 unspecified atom stereocenters. The van der Waals surface area contributed by atoms with Crippen LogP contribution in [0.15, 0.2) is 27.7 Å². The number of aromatic nitrogens is 2. The Balaban J connectivity index is 2.18. The molecular weight excluding hydrogens is 785 g/mol. The highest BCUT2D eigenvalue weighted by molar-refractivity contribution is 5.71. The third-order valence-corrected chi connectivity index (χ3v) is 10.4. The van der Waals surface area contributed by atoms with Crippen molar-refractivity contribution in [2.24, 2.45) is 0 Å². The SMILES string of the molecule is CCCCCCCCCCCCCCCCCC(O)OC(c1cnco1)c1nc(C(CC(OC(=O)CCC)C(OC(=O)CCC)C(C)OC(=O)CCC)OC(=O)CCC)co1. The quantitative estimate of drug-likeness (QED) is 0.0292. The fourth-order valence-corrected chi connectivity index (χ4v) is 7.06. The second kappa shape index (κ2) is 32.9. The van der Waals surface area contributed by atoms with Crippen LogP contribution in [0, 0.1) is 0 Å². The minimum absolute atomic E-state index is 0.00569. The Bertz CT molecular complexity index is 1450. The van der Waals surface area contributed by atoms with Crippen LogP contribution in [0.1, 0.15) is 232 Å². The summed E-state index contributed by atoms with van der Waals surface area (Å²) in [5.74, 6) is -1.94. The van der Waals surface area contributed by atoms with Crippen LogP contribution in [0.4, 0.5) is 0 Å². The summed E-state index contributed by atoms with van der Waals surface area (Å²) in [6.45, 7) is 11.1. The highest BCUT2D eigenvalue weighted by Gasteiger charge is 2.39. The van der Waals surface area contributed by atoms with E-state index in [9.17, 15) is 24.3 Å². The van der Waals surface area contributed by atoms with Crippen molar-refractivity contribution in [2.75, 3.05) is 0 Å². The van der Waals surface area contributed by atoms with E-state index in [2.05, 4.69) is 16.9 Å². The van der Waals surface area contributed by atoms with Gasteiger partial charge in [0.15, 0.2) is 36.8 Å². The van der Waals surface area contributed by atoms with Gasteiger partial charge in [-0.1, -0.05) is 125 Å². The third-order valence-electron chi connectivity index (χ3n) is 10.4. The molecule has 0 aromatic carbocycles. The van der Waals surface area contributed by atoms with Gasteiger partial charge in [0.2, 0.25) is 5.89 Å². The van der Waals surface area contributed by atoms with Crippen molar-refractivity contribution in [2.45, 2.75) is 239 Å². The van der Waals surface area contributed by atoms with Gasteiger partial charge in [0.1, 0.15) is 24.2 Å². The average molecular weight is 863 g/mol. The molecule has 348 valence electrons. The molecule has 0 amide bonds. The molecule has 0 aliphatic heterocycles. The average Bonchev–Trinajstić information content (AvgIpc) is 3.94. The van der Waals surface area contributed by atoms with Crippen LogP contribution in [0.3, 0.4) is 0 Å². The number of hydrogen-bond acceptors (Lipinski definition) is 14. The van der Waals surface area contributed by atoms with E-state index < -0.39 is 60.7 Å². The van der Waals surface area contributed by atoms with Gasteiger partial charge in [0.05, 0.1) is 6.20 Å². The number of unbranched alkanes of at least 4 members (excludes halogenated alkanes) is 14. The Labute approximate surface area is 364 Å². The van der Waals surface area contributed by atoms with E-state index in [1.54, 1.807) is 6.92 Å². The number of ether oxygens (including phenoxy) is 5. The van der Waals surface area contributed by atoms with E-state index in [4.69, 9.17) is 32.5 Å². The lowest BCUT2D eigenvalue weighted by atomic mass is 10.00. The van der Waals surface area contributed by atoms with Crippen LogP contribution in [-0.2, 0) is 42.9 Å². The summed E-state index contributed by atoms with van der Waals surface area (Å²) in [6.07, 6.45) is 18.2. The van der Waals surface area contributed by atoms with Crippen molar-refractivity contribution in [3.63, 3.8) is 0 Å². The summed E-state index contributed by atoms with van der Waals surface area (Å²) in [6, 6.07) is 0. The van der Waals surface area contributed by atoms with E-state index in [0.717, 1.165) is 19.3 Å². The number of oxazole rings is 2. The molecule has 0 aliphatic rings. The molecule has 0 saturated heterocycles. The van der Waals surface area contributed by atoms with E-state index in [1.165, 1.54) is 95.9 Å². The molecule has 0 fully saturated rings. The van der Waals surface area contributed by atoms with Crippen molar-refractivity contribution in [1.29, 1.82) is 0 Å². The zero-order valence-corrected chi connectivity index (χ0v) is 38.2. The molecule has 2 rings (SSSR count). The van der Waals surface area contributed by atoms with Gasteiger partial charge in [-0.05, 0) is 45.4 Å². The maximum atomic E-state index is 13.0. The zero-order valence-electron chi connectivity index (χ0n) is 38.2. The van der Waals surface area contributed by atoms with Gasteiger partial charge in [-0.3, -0.25) is 19.2 Å². The lowest BCUT2D eigenvalue weighted by molar-refractivity contribution is -0.188. The predicted molar refractivity (Wildman–Crippen MR) is 230 cm³/mol. The fourth-order valence-electron chi connectivity index (χ4n) is 7.06. The van der Waals surface area contributed by atoms with E-state index in [0.29, 0.717) is 32.1 Å². The number of esters is 4. The van der Waals surface area contributed by atoms with Crippen LogP contribution >= 0.6 is 0 Å². The second-order valence-corrected chi connectivity index (χ2v) is 16.1. The Morgan fingerprint density at radius 2 is 1.11 bits per heavy atom. The minimum atomic E-state index is -1.24. The number of carbonyl (C=O) groups excluding carboxylic acids is 4. The molecule has 0 radical (unpaired) electrons. The minimum Gasteiger partial charge on any atom is -0.459 e. The first-order valence-corrected chi connectivity index (χ1v) is 23.5. The molecule has 0 spiro atoms. The molecule has 14 nitrogen and oxygen atoms in total. The van der Waals surface area contributed by atoms with Crippen molar-refractivity contribution in [3.05, 3.63) is 36.2 Å².